The first-order valence-corrected chi connectivity index (χ1v) is 7.42. The van der Waals surface area contributed by atoms with E-state index in [1.54, 1.807) is 0 Å². The molecule has 0 saturated carbocycles. The molecular formula is C15H28N2O5. The van der Waals surface area contributed by atoms with Crippen molar-refractivity contribution in [3.8, 4) is 0 Å². The van der Waals surface area contributed by atoms with Gasteiger partial charge in [-0.05, 0) is 11.8 Å². The average molecular weight is 316 g/mol. The highest BCUT2D eigenvalue weighted by Gasteiger charge is 2.25. The van der Waals surface area contributed by atoms with E-state index >= 15 is 0 Å². The van der Waals surface area contributed by atoms with Crippen molar-refractivity contribution in [3.63, 3.8) is 0 Å². The minimum absolute atomic E-state index is 0.0771. The summed E-state index contributed by atoms with van der Waals surface area (Å²) in [5.74, 6) is -0.388. The van der Waals surface area contributed by atoms with Crippen LogP contribution in [0.2, 0.25) is 0 Å². The maximum Gasteiger partial charge on any atom is 0.246 e. The second-order valence-electron chi connectivity index (χ2n) is 6.05. The lowest BCUT2D eigenvalue weighted by Crippen LogP contribution is -2.46. The summed E-state index contributed by atoms with van der Waals surface area (Å²) >= 11 is 0. The summed E-state index contributed by atoms with van der Waals surface area (Å²) in [5, 5.41) is 5.25. The fourth-order valence-corrected chi connectivity index (χ4v) is 1.50. The quantitative estimate of drug-likeness (QED) is 0.422. The summed E-state index contributed by atoms with van der Waals surface area (Å²) in [6.45, 7) is 8.85. The van der Waals surface area contributed by atoms with Gasteiger partial charge in [0.05, 0.1) is 12.6 Å². The topological polar surface area (TPSA) is 93.7 Å². The third kappa shape index (κ3) is 11.2. The minimum atomic E-state index is -0.527. The van der Waals surface area contributed by atoms with E-state index in [-0.39, 0.29) is 23.8 Å². The van der Waals surface area contributed by atoms with Crippen LogP contribution < -0.4 is 10.6 Å². The third-order valence-electron chi connectivity index (χ3n) is 2.82. The van der Waals surface area contributed by atoms with Gasteiger partial charge in [-0.15, -0.1) is 0 Å². The molecule has 128 valence electrons. The van der Waals surface area contributed by atoms with Crippen LogP contribution in [0.15, 0.2) is 0 Å². The van der Waals surface area contributed by atoms with Gasteiger partial charge >= 0.3 is 0 Å². The maximum absolute atomic E-state index is 11.6. The number of rotatable bonds is 11. The molecule has 0 bridgehead atoms. The highest BCUT2D eigenvalue weighted by molar-refractivity contribution is 5.80. The van der Waals surface area contributed by atoms with E-state index in [0.29, 0.717) is 32.8 Å². The van der Waals surface area contributed by atoms with Gasteiger partial charge in [0.2, 0.25) is 11.8 Å². The normalized spacial score (nSPS) is 12.5. The SMILES string of the molecule is CC(=O)NCCOCCCOCC(=O)NC(C=O)C(C)(C)C. The van der Waals surface area contributed by atoms with Crippen molar-refractivity contribution in [2.24, 2.45) is 5.41 Å². The van der Waals surface area contributed by atoms with Crippen molar-refractivity contribution in [2.75, 3.05) is 33.0 Å². The Hall–Kier alpha value is -1.47. The van der Waals surface area contributed by atoms with E-state index in [2.05, 4.69) is 10.6 Å². The lowest BCUT2D eigenvalue weighted by atomic mass is 9.88. The zero-order valence-corrected chi connectivity index (χ0v) is 13.9. The van der Waals surface area contributed by atoms with Gasteiger partial charge in [0.25, 0.3) is 0 Å². The first-order valence-electron chi connectivity index (χ1n) is 7.42. The van der Waals surface area contributed by atoms with Crippen LogP contribution in [0.1, 0.15) is 34.1 Å². The third-order valence-corrected chi connectivity index (χ3v) is 2.82. The van der Waals surface area contributed by atoms with Gasteiger partial charge in [-0.25, -0.2) is 0 Å². The highest BCUT2D eigenvalue weighted by Crippen LogP contribution is 2.17. The molecule has 7 nitrogen and oxygen atoms in total. The Bertz CT molecular complexity index is 352. The van der Waals surface area contributed by atoms with Crippen LogP contribution >= 0.6 is 0 Å². The van der Waals surface area contributed by atoms with Crippen LogP contribution in [0.25, 0.3) is 0 Å². The van der Waals surface area contributed by atoms with Crippen LogP contribution in [0.3, 0.4) is 0 Å². The smallest absolute Gasteiger partial charge is 0.246 e. The molecule has 1 atom stereocenters. The van der Waals surface area contributed by atoms with Crippen LogP contribution in [0.5, 0.6) is 0 Å². The second kappa shape index (κ2) is 11.1. The lowest BCUT2D eigenvalue weighted by molar-refractivity contribution is -0.129. The summed E-state index contributed by atoms with van der Waals surface area (Å²) in [6.07, 6.45) is 1.39. The minimum Gasteiger partial charge on any atom is -0.380 e. The summed E-state index contributed by atoms with van der Waals surface area (Å²) in [5.41, 5.74) is -0.320. The molecular weight excluding hydrogens is 288 g/mol. The van der Waals surface area contributed by atoms with Crippen molar-refractivity contribution in [1.82, 2.24) is 10.6 Å². The molecule has 7 heteroatoms. The molecule has 0 aromatic rings. The monoisotopic (exact) mass is 316 g/mol. The summed E-state index contributed by atoms with van der Waals surface area (Å²) in [7, 11) is 0. The fraction of sp³-hybridized carbons (Fsp3) is 0.800. The Morgan fingerprint density at radius 1 is 1.14 bits per heavy atom. The van der Waals surface area contributed by atoms with E-state index in [4.69, 9.17) is 9.47 Å². The molecule has 22 heavy (non-hydrogen) atoms. The van der Waals surface area contributed by atoms with Crippen molar-refractivity contribution < 1.29 is 23.9 Å². The lowest BCUT2D eigenvalue weighted by Gasteiger charge is -2.26. The molecule has 0 rings (SSSR count). The molecule has 1 unspecified atom stereocenters. The standard InChI is InChI=1S/C15H28N2O5/c1-12(19)16-6-9-21-7-5-8-22-11-14(20)17-13(10-18)15(2,3)4/h10,13H,5-9,11H2,1-4H3,(H,16,19)(H,17,20). The first kappa shape index (κ1) is 20.5. The van der Waals surface area contributed by atoms with Crippen LogP contribution in [0.4, 0.5) is 0 Å². The molecule has 0 aromatic heterocycles. The molecule has 0 saturated heterocycles. The van der Waals surface area contributed by atoms with Gasteiger partial charge in [0, 0.05) is 26.7 Å². The van der Waals surface area contributed by atoms with E-state index in [1.807, 2.05) is 20.8 Å². The molecule has 0 aliphatic heterocycles. The number of aldehydes is 1. The zero-order chi connectivity index (χ0) is 17.0. The molecule has 2 N–H and O–H groups in total. The van der Waals surface area contributed by atoms with Gasteiger partial charge in [0.15, 0.2) is 0 Å². The summed E-state index contributed by atoms with van der Waals surface area (Å²) in [6, 6.07) is -0.527. The maximum atomic E-state index is 11.6. The van der Waals surface area contributed by atoms with Gasteiger partial charge in [-0.1, -0.05) is 20.8 Å². The molecule has 2 amide bonds. The van der Waals surface area contributed by atoms with Crippen molar-refractivity contribution in [1.29, 1.82) is 0 Å². The average Bonchev–Trinajstić information content (AvgIpc) is 2.41. The molecule has 0 radical (unpaired) electrons. The number of carbonyl (C=O) groups is 3. The highest BCUT2D eigenvalue weighted by atomic mass is 16.5. The predicted octanol–water partition coefficient (Wildman–Crippen LogP) is 0.276. The largest absolute Gasteiger partial charge is 0.380 e. The molecule has 0 aliphatic carbocycles. The van der Waals surface area contributed by atoms with Crippen LogP contribution in [0, 0.1) is 5.41 Å². The summed E-state index contributed by atoms with van der Waals surface area (Å²) in [4.78, 5) is 33.2. The van der Waals surface area contributed by atoms with Crippen molar-refractivity contribution in [3.05, 3.63) is 0 Å². The van der Waals surface area contributed by atoms with Gasteiger partial charge in [0.1, 0.15) is 12.9 Å². The summed E-state index contributed by atoms with van der Waals surface area (Å²) < 4.78 is 10.5. The van der Waals surface area contributed by atoms with Gasteiger partial charge in [-0.3, -0.25) is 9.59 Å². The molecule has 0 spiro atoms. The number of hydrogen-bond acceptors (Lipinski definition) is 5. The first-order chi connectivity index (χ1) is 10.3. The molecule has 0 aliphatic rings. The van der Waals surface area contributed by atoms with Gasteiger partial charge < -0.3 is 24.9 Å². The van der Waals surface area contributed by atoms with Crippen LogP contribution in [-0.2, 0) is 23.9 Å². The molecule has 0 aromatic carbocycles. The Labute approximate surface area is 132 Å². The Morgan fingerprint density at radius 3 is 2.32 bits per heavy atom. The van der Waals surface area contributed by atoms with E-state index in [1.165, 1.54) is 6.92 Å². The van der Waals surface area contributed by atoms with Crippen LogP contribution in [-0.4, -0.2) is 57.1 Å². The van der Waals surface area contributed by atoms with E-state index in [0.717, 1.165) is 6.29 Å². The number of ether oxygens (including phenoxy) is 2. The number of carbonyl (C=O) groups excluding carboxylic acids is 3. The Kier molecular flexibility index (Phi) is 10.4. The number of amides is 2. The zero-order valence-electron chi connectivity index (χ0n) is 13.9. The van der Waals surface area contributed by atoms with Gasteiger partial charge in [-0.2, -0.15) is 0 Å². The second-order valence-corrected chi connectivity index (χ2v) is 6.05. The number of nitrogens with one attached hydrogen (secondary N) is 2. The van der Waals surface area contributed by atoms with E-state index in [9.17, 15) is 14.4 Å². The Morgan fingerprint density at radius 2 is 1.77 bits per heavy atom. The fourth-order valence-electron chi connectivity index (χ4n) is 1.50. The van der Waals surface area contributed by atoms with Crippen molar-refractivity contribution in [2.45, 2.75) is 40.2 Å². The van der Waals surface area contributed by atoms with E-state index < -0.39 is 6.04 Å². The predicted molar refractivity (Wildman–Crippen MR) is 82.4 cm³/mol. The Balaban J connectivity index is 3.57. The number of hydrogen-bond donors (Lipinski definition) is 2. The molecule has 0 fully saturated rings. The molecule has 0 heterocycles. The van der Waals surface area contributed by atoms with Crippen molar-refractivity contribution >= 4 is 18.1 Å².